The van der Waals surface area contributed by atoms with Gasteiger partial charge in [0.05, 0.1) is 18.1 Å². The number of fused-ring (bicyclic) bond motifs is 2. The van der Waals surface area contributed by atoms with Gasteiger partial charge in [-0.05, 0) is 19.1 Å². The van der Waals surface area contributed by atoms with E-state index in [2.05, 4.69) is 9.97 Å². The van der Waals surface area contributed by atoms with Gasteiger partial charge in [0.15, 0.2) is 15.6 Å². The van der Waals surface area contributed by atoms with Crippen LogP contribution in [0.25, 0.3) is 0 Å². The van der Waals surface area contributed by atoms with E-state index >= 15 is 0 Å². The highest BCUT2D eigenvalue weighted by atomic mass is 32.2. The molecule has 0 aliphatic carbocycles. The number of hydrogen-bond acceptors (Lipinski definition) is 5. The number of rotatable bonds is 0. The third kappa shape index (κ3) is 1.74. The Bertz CT molecular complexity index is 726. The summed E-state index contributed by atoms with van der Waals surface area (Å²) >= 11 is 0. The molecule has 0 atom stereocenters. The van der Waals surface area contributed by atoms with Crippen LogP contribution in [0.1, 0.15) is 11.3 Å². The molecule has 1 aliphatic rings. The minimum Gasteiger partial charge on any atom is -0.452 e. The van der Waals surface area contributed by atoms with Crippen molar-refractivity contribution in [2.24, 2.45) is 0 Å². The molecule has 0 fully saturated rings. The number of sulfone groups is 1. The summed E-state index contributed by atoms with van der Waals surface area (Å²) in [6.45, 7) is 1.75. The summed E-state index contributed by atoms with van der Waals surface area (Å²) in [5.74, 6) is 0.638. The Morgan fingerprint density at radius 2 is 2.11 bits per heavy atom. The van der Waals surface area contributed by atoms with E-state index in [0.717, 1.165) is 0 Å². The van der Waals surface area contributed by atoms with Crippen molar-refractivity contribution in [2.75, 3.05) is 0 Å². The van der Waals surface area contributed by atoms with Gasteiger partial charge < -0.3 is 4.74 Å². The molecule has 3 rings (SSSR count). The summed E-state index contributed by atoms with van der Waals surface area (Å²) in [5, 5.41) is 0. The zero-order valence-electron chi connectivity index (χ0n) is 9.62. The van der Waals surface area contributed by atoms with Crippen molar-refractivity contribution in [3.8, 4) is 11.5 Å². The highest BCUT2D eigenvalue weighted by molar-refractivity contribution is 7.90. The first kappa shape index (κ1) is 11.2. The summed E-state index contributed by atoms with van der Waals surface area (Å²) in [6.07, 6.45) is 4.50. The van der Waals surface area contributed by atoms with Gasteiger partial charge in [-0.25, -0.2) is 8.42 Å². The van der Waals surface area contributed by atoms with Crippen LogP contribution in [0.2, 0.25) is 0 Å². The maximum absolute atomic E-state index is 12.3. The monoisotopic (exact) mass is 262 g/mol. The Kier molecular flexibility index (Phi) is 2.34. The average molecular weight is 262 g/mol. The number of aryl methyl sites for hydroxylation is 1. The molecule has 0 bridgehead atoms. The summed E-state index contributed by atoms with van der Waals surface area (Å²) in [5.41, 5.74) is 1.25. The summed E-state index contributed by atoms with van der Waals surface area (Å²) in [7, 11) is -3.41. The van der Waals surface area contributed by atoms with Gasteiger partial charge in [0.2, 0.25) is 0 Å². The molecule has 2 aromatic heterocycles. The lowest BCUT2D eigenvalue weighted by atomic mass is 10.3. The van der Waals surface area contributed by atoms with Gasteiger partial charge in [-0.15, -0.1) is 0 Å². The van der Waals surface area contributed by atoms with Gasteiger partial charge in [0, 0.05) is 17.5 Å². The fourth-order valence-electron chi connectivity index (χ4n) is 1.86. The lowest BCUT2D eigenvalue weighted by Gasteiger charge is -2.06. The Hall–Kier alpha value is -1.95. The Morgan fingerprint density at radius 1 is 1.28 bits per heavy atom. The van der Waals surface area contributed by atoms with Crippen molar-refractivity contribution in [1.29, 1.82) is 0 Å². The third-order valence-corrected chi connectivity index (χ3v) is 4.42. The first-order valence-electron chi connectivity index (χ1n) is 5.36. The van der Waals surface area contributed by atoms with Crippen LogP contribution in [0.4, 0.5) is 0 Å². The number of hydrogen-bond donors (Lipinski definition) is 0. The van der Waals surface area contributed by atoms with Crippen molar-refractivity contribution in [2.45, 2.75) is 17.6 Å². The second-order valence-electron chi connectivity index (χ2n) is 4.12. The van der Waals surface area contributed by atoms with Crippen LogP contribution >= 0.6 is 0 Å². The van der Waals surface area contributed by atoms with E-state index in [1.54, 1.807) is 19.2 Å². The van der Waals surface area contributed by atoms with Gasteiger partial charge >= 0.3 is 0 Å². The van der Waals surface area contributed by atoms with Gasteiger partial charge in [0.1, 0.15) is 10.6 Å². The fraction of sp³-hybridized carbons (Fsp3) is 0.167. The molecular formula is C12H10N2O3S. The first-order valence-corrected chi connectivity index (χ1v) is 7.02. The second-order valence-corrected chi connectivity index (χ2v) is 6.07. The van der Waals surface area contributed by atoms with Crippen molar-refractivity contribution in [3.05, 3.63) is 42.0 Å². The lowest BCUT2D eigenvalue weighted by Crippen LogP contribution is -2.04. The van der Waals surface area contributed by atoms with Crippen molar-refractivity contribution in [3.63, 3.8) is 0 Å². The molecule has 0 saturated heterocycles. The Balaban J connectivity index is 2.28. The molecule has 0 unspecified atom stereocenters. The summed E-state index contributed by atoms with van der Waals surface area (Å²) < 4.78 is 30.1. The van der Waals surface area contributed by atoms with E-state index in [0.29, 0.717) is 17.0 Å². The van der Waals surface area contributed by atoms with Crippen molar-refractivity contribution < 1.29 is 13.2 Å². The molecule has 0 aromatic carbocycles. The molecule has 0 N–H and O–H groups in total. The van der Waals surface area contributed by atoms with Gasteiger partial charge in [0.25, 0.3) is 0 Å². The molecule has 0 spiro atoms. The normalized spacial score (nSPS) is 16.1. The Morgan fingerprint density at radius 3 is 2.94 bits per heavy atom. The lowest BCUT2D eigenvalue weighted by molar-refractivity contribution is 0.463. The molecular weight excluding hydrogens is 252 g/mol. The van der Waals surface area contributed by atoms with Gasteiger partial charge in [-0.3, -0.25) is 9.97 Å². The fourth-order valence-corrected chi connectivity index (χ4v) is 3.42. The zero-order chi connectivity index (χ0) is 12.8. The SMILES string of the molecule is Cc1cc2c(cn1)Oc1cnccc1CS2(=O)=O. The summed E-state index contributed by atoms with van der Waals surface area (Å²) in [4.78, 5) is 8.19. The van der Waals surface area contributed by atoms with Crippen LogP contribution in [0, 0.1) is 6.92 Å². The molecule has 1 aliphatic heterocycles. The molecule has 2 aromatic rings. The first-order chi connectivity index (χ1) is 8.56. The Labute approximate surface area is 104 Å². The maximum Gasteiger partial charge on any atom is 0.186 e. The topological polar surface area (TPSA) is 69.2 Å². The molecule has 5 nitrogen and oxygen atoms in total. The van der Waals surface area contributed by atoms with Crippen molar-refractivity contribution in [1.82, 2.24) is 9.97 Å². The largest absolute Gasteiger partial charge is 0.452 e. The second kappa shape index (κ2) is 3.78. The van der Waals surface area contributed by atoms with Crippen molar-refractivity contribution >= 4 is 9.84 Å². The predicted octanol–water partition coefficient (Wildman–Crippen LogP) is 1.86. The quantitative estimate of drug-likeness (QED) is 0.725. The molecule has 0 radical (unpaired) electrons. The zero-order valence-corrected chi connectivity index (χ0v) is 10.4. The maximum atomic E-state index is 12.3. The number of ether oxygens (including phenoxy) is 1. The van der Waals surface area contributed by atoms with Crippen LogP contribution in [0.3, 0.4) is 0 Å². The number of pyridine rings is 2. The molecule has 0 saturated carbocycles. The van der Waals surface area contributed by atoms with E-state index < -0.39 is 9.84 Å². The van der Waals surface area contributed by atoms with Gasteiger partial charge in [-0.2, -0.15) is 0 Å². The van der Waals surface area contributed by atoms with E-state index in [1.165, 1.54) is 18.5 Å². The number of aromatic nitrogens is 2. The summed E-state index contributed by atoms with van der Waals surface area (Å²) in [6, 6.07) is 3.18. The molecule has 3 heterocycles. The van der Waals surface area contributed by atoms with Crippen LogP contribution in [0.15, 0.2) is 35.6 Å². The van der Waals surface area contributed by atoms with Crippen LogP contribution < -0.4 is 4.74 Å². The standard InChI is InChI=1S/C12H10N2O3S/c1-8-4-12-11(6-14-8)17-10-5-13-3-2-9(10)7-18(12,15)16/h2-6H,7H2,1H3. The van der Waals surface area contributed by atoms with Crippen LogP contribution in [-0.4, -0.2) is 18.4 Å². The minimum absolute atomic E-state index is 0.0820. The van der Waals surface area contributed by atoms with E-state index in [1.807, 2.05) is 0 Å². The van der Waals surface area contributed by atoms with E-state index in [4.69, 9.17) is 4.74 Å². The predicted molar refractivity (Wildman–Crippen MR) is 64.2 cm³/mol. The minimum atomic E-state index is -3.41. The number of nitrogens with zero attached hydrogens (tertiary/aromatic N) is 2. The molecule has 18 heavy (non-hydrogen) atoms. The highest BCUT2D eigenvalue weighted by Gasteiger charge is 2.27. The molecule has 0 amide bonds. The van der Waals surface area contributed by atoms with E-state index in [-0.39, 0.29) is 16.4 Å². The van der Waals surface area contributed by atoms with Crippen LogP contribution in [0.5, 0.6) is 11.5 Å². The molecule has 6 heteroatoms. The van der Waals surface area contributed by atoms with Crippen LogP contribution in [-0.2, 0) is 15.6 Å². The smallest absolute Gasteiger partial charge is 0.186 e. The molecule has 92 valence electrons. The van der Waals surface area contributed by atoms with Gasteiger partial charge in [-0.1, -0.05) is 0 Å². The highest BCUT2D eigenvalue weighted by Crippen LogP contribution is 2.36. The van der Waals surface area contributed by atoms with E-state index in [9.17, 15) is 8.42 Å². The third-order valence-electron chi connectivity index (χ3n) is 2.74. The average Bonchev–Trinajstić information content (AvgIpc) is 2.43.